The maximum absolute atomic E-state index is 12.1. The van der Waals surface area contributed by atoms with Crippen molar-refractivity contribution in [2.45, 2.75) is 89.5 Å². The highest BCUT2D eigenvalue weighted by molar-refractivity contribution is 7.98. The Balaban J connectivity index is 2.14. The van der Waals surface area contributed by atoms with Crippen LogP contribution in [0, 0.1) is 0 Å². The second kappa shape index (κ2) is 20.7. The zero-order chi connectivity index (χ0) is 29.9. The van der Waals surface area contributed by atoms with Crippen LogP contribution in [0.4, 0.5) is 10.5 Å². The van der Waals surface area contributed by atoms with E-state index in [9.17, 15) is 9.59 Å². The molecule has 6 unspecified atom stereocenters. The summed E-state index contributed by atoms with van der Waals surface area (Å²) in [6.45, 7) is 13.2. The van der Waals surface area contributed by atoms with Crippen molar-refractivity contribution in [3.8, 4) is 0 Å². The fraction of sp³-hybridized carbons (Fsp3) is 0.655. The molecular formula is C29H47NO9S. The Morgan fingerprint density at radius 2 is 1.27 bits per heavy atom. The van der Waals surface area contributed by atoms with Crippen LogP contribution < -0.4 is 5.32 Å². The number of benzene rings is 1. The molecule has 0 aliphatic heterocycles. The highest BCUT2D eigenvalue weighted by Gasteiger charge is 2.15. The van der Waals surface area contributed by atoms with E-state index in [-0.39, 0.29) is 37.1 Å². The van der Waals surface area contributed by atoms with Gasteiger partial charge in [-0.25, -0.2) is 9.59 Å². The van der Waals surface area contributed by atoms with E-state index in [4.69, 9.17) is 33.5 Å². The van der Waals surface area contributed by atoms with Crippen molar-refractivity contribution in [3.05, 3.63) is 36.4 Å². The number of carbonyl (C=O) groups excluding carboxylic acids is 1. The Hall–Kier alpha value is -2.15. The number of carboxylic acid groups (broad SMARTS) is 1. The first-order chi connectivity index (χ1) is 19.0. The van der Waals surface area contributed by atoms with E-state index in [1.165, 1.54) is 0 Å². The van der Waals surface area contributed by atoms with Crippen LogP contribution in [-0.2, 0) is 33.2 Å². The maximum atomic E-state index is 12.1. The molecule has 10 nitrogen and oxygen atoms in total. The molecule has 1 aromatic rings. The van der Waals surface area contributed by atoms with Crippen LogP contribution in [0.5, 0.6) is 0 Å². The minimum Gasteiger partial charge on any atom is -0.478 e. The number of hydrogen-bond donors (Lipinski definition) is 2. The van der Waals surface area contributed by atoms with Gasteiger partial charge in [-0.3, -0.25) is 5.32 Å². The summed E-state index contributed by atoms with van der Waals surface area (Å²) in [4.78, 5) is 23.7. The van der Waals surface area contributed by atoms with Crippen molar-refractivity contribution in [2.75, 3.05) is 44.6 Å². The largest absolute Gasteiger partial charge is 0.478 e. The smallest absolute Gasteiger partial charge is 0.411 e. The summed E-state index contributed by atoms with van der Waals surface area (Å²) in [6, 6.07) is 7.55. The highest BCUT2D eigenvalue weighted by Crippen LogP contribution is 2.19. The lowest BCUT2D eigenvalue weighted by Gasteiger charge is -2.22. The first-order valence-corrected chi connectivity index (χ1v) is 14.8. The van der Waals surface area contributed by atoms with E-state index in [1.54, 1.807) is 24.8 Å². The van der Waals surface area contributed by atoms with Crippen LogP contribution >= 0.6 is 11.8 Å². The van der Waals surface area contributed by atoms with Gasteiger partial charge in [0.1, 0.15) is 6.10 Å². The molecule has 1 rings (SSSR count). The number of amides is 1. The third kappa shape index (κ3) is 18.2. The van der Waals surface area contributed by atoms with E-state index in [1.807, 2.05) is 65.1 Å². The second-order valence-corrected chi connectivity index (χ2v) is 10.6. The van der Waals surface area contributed by atoms with Crippen LogP contribution in [0.15, 0.2) is 41.3 Å². The number of thioether (sulfide) groups is 1. The number of hydrogen-bond acceptors (Lipinski definition) is 9. The first kappa shape index (κ1) is 35.9. The molecule has 6 atom stereocenters. The number of nitrogens with one attached hydrogen (secondary N) is 1. The summed E-state index contributed by atoms with van der Waals surface area (Å²) < 4.78 is 34.3. The Kier molecular flexibility index (Phi) is 18.6. The molecule has 0 saturated heterocycles. The second-order valence-electron chi connectivity index (χ2n) is 9.77. The topological polar surface area (TPSA) is 122 Å². The molecule has 1 aromatic carbocycles. The molecule has 0 bridgehead atoms. The maximum Gasteiger partial charge on any atom is 0.411 e. The van der Waals surface area contributed by atoms with Gasteiger partial charge in [0, 0.05) is 16.7 Å². The lowest BCUT2D eigenvalue weighted by atomic mass is 10.2. The number of carboxylic acids is 1. The van der Waals surface area contributed by atoms with Crippen molar-refractivity contribution < 1.29 is 43.1 Å². The van der Waals surface area contributed by atoms with Gasteiger partial charge in [0.2, 0.25) is 0 Å². The molecule has 11 heteroatoms. The fourth-order valence-corrected chi connectivity index (χ4v) is 3.64. The average molecular weight is 586 g/mol. The summed E-state index contributed by atoms with van der Waals surface area (Å²) >= 11 is 1.60. The van der Waals surface area contributed by atoms with E-state index in [0.29, 0.717) is 38.5 Å². The van der Waals surface area contributed by atoms with Gasteiger partial charge < -0.3 is 33.5 Å². The summed E-state index contributed by atoms with van der Waals surface area (Å²) in [5.74, 6) is -0.965. The fourth-order valence-electron chi connectivity index (χ4n) is 3.18. The predicted octanol–water partition coefficient (Wildman–Crippen LogP) is 5.40. The van der Waals surface area contributed by atoms with Gasteiger partial charge in [0.25, 0.3) is 0 Å². The Morgan fingerprint density at radius 1 is 0.800 bits per heavy atom. The zero-order valence-electron chi connectivity index (χ0n) is 24.8. The quantitative estimate of drug-likeness (QED) is 0.143. The molecule has 0 spiro atoms. The summed E-state index contributed by atoms with van der Waals surface area (Å²) in [7, 11) is 0. The van der Waals surface area contributed by atoms with E-state index < -0.39 is 18.2 Å². The van der Waals surface area contributed by atoms with Gasteiger partial charge in [-0.2, -0.15) is 0 Å². The van der Waals surface area contributed by atoms with Crippen LogP contribution in [0.1, 0.15) is 48.0 Å². The van der Waals surface area contributed by atoms with E-state index in [0.717, 1.165) is 11.0 Å². The third-order valence-electron chi connectivity index (χ3n) is 5.43. The number of anilines is 1. The van der Waals surface area contributed by atoms with Crippen molar-refractivity contribution >= 4 is 29.5 Å². The molecule has 0 heterocycles. The summed E-state index contributed by atoms with van der Waals surface area (Å²) in [5, 5.41) is 11.4. The number of aliphatic carboxylic acids is 1. The highest BCUT2D eigenvalue weighted by atomic mass is 32.2. The van der Waals surface area contributed by atoms with Crippen molar-refractivity contribution in [3.63, 3.8) is 0 Å². The van der Waals surface area contributed by atoms with Gasteiger partial charge in [-0.05, 0) is 72.4 Å². The molecule has 0 aliphatic carbocycles. The summed E-state index contributed by atoms with van der Waals surface area (Å²) in [5.41, 5.74) is 0.682. The molecule has 228 valence electrons. The number of rotatable bonds is 21. The SMILES string of the molecule is CSc1cccc(NC(=O)OC(C)COC(C)COC(C)COC(C)COC(C)COC(C)CC=CC(=O)O)c1. The van der Waals surface area contributed by atoms with Crippen LogP contribution in [0.2, 0.25) is 0 Å². The van der Waals surface area contributed by atoms with E-state index >= 15 is 0 Å². The van der Waals surface area contributed by atoms with Crippen LogP contribution in [0.3, 0.4) is 0 Å². The molecule has 0 fully saturated rings. The number of ether oxygens (including phenoxy) is 6. The lowest BCUT2D eigenvalue weighted by Crippen LogP contribution is -2.30. The number of carbonyl (C=O) groups is 2. The standard InChI is InChI=1S/C29H47NO9S/c1-20(10-8-13-28(31)32)34-15-21(2)35-16-22(3)36-17-23(4)37-18-24(5)38-19-25(6)39-29(33)30-26-11-9-12-27(14-26)40-7/h8-9,11-14,20-25H,10,15-19H2,1-7H3,(H,30,33)(H,31,32). The first-order valence-electron chi connectivity index (χ1n) is 13.6. The zero-order valence-corrected chi connectivity index (χ0v) is 25.6. The molecule has 0 aliphatic rings. The molecule has 40 heavy (non-hydrogen) atoms. The van der Waals surface area contributed by atoms with Gasteiger partial charge in [-0.15, -0.1) is 11.8 Å². The predicted molar refractivity (Wildman–Crippen MR) is 156 cm³/mol. The Labute approximate surface area is 243 Å². The van der Waals surface area contributed by atoms with Crippen LogP contribution in [0.25, 0.3) is 0 Å². The van der Waals surface area contributed by atoms with E-state index in [2.05, 4.69) is 5.32 Å². The van der Waals surface area contributed by atoms with Crippen LogP contribution in [-0.4, -0.2) is 93.1 Å². The van der Waals surface area contributed by atoms with Gasteiger partial charge >= 0.3 is 12.1 Å². The molecule has 2 N–H and O–H groups in total. The monoisotopic (exact) mass is 585 g/mol. The molecule has 0 radical (unpaired) electrons. The van der Waals surface area contributed by atoms with Gasteiger partial charge in [0.05, 0.1) is 63.6 Å². The average Bonchev–Trinajstić information content (AvgIpc) is 2.91. The Morgan fingerprint density at radius 3 is 1.75 bits per heavy atom. The lowest BCUT2D eigenvalue weighted by molar-refractivity contribution is -0.131. The Bertz CT molecular complexity index is 885. The van der Waals surface area contributed by atoms with Gasteiger partial charge in [-0.1, -0.05) is 12.1 Å². The molecule has 1 amide bonds. The van der Waals surface area contributed by atoms with Gasteiger partial charge in [0.15, 0.2) is 0 Å². The molecular weight excluding hydrogens is 538 g/mol. The van der Waals surface area contributed by atoms with Crippen molar-refractivity contribution in [2.24, 2.45) is 0 Å². The molecule has 0 aromatic heterocycles. The van der Waals surface area contributed by atoms with Crippen molar-refractivity contribution in [1.29, 1.82) is 0 Å². The minimum absolute atomic E-state index is 0.0944. The summed E-state index contributed by atoms with van der Waals surface area (Å²) in [6.07, 6.45) is 3.60. The minimum atomic E-state index is -0.965. The normalized spacial score (nSPS) is 16.2. The van der Waals surface area contributed by atoms with Crippen molar-refractivity contribution in [1.82, 2.24) is 0 Å². The molecule has 0 saturated carbocycles. The third-order valence-corrected chi connectivity index (χ3v) is 6.16.